The van der Waals surface area contributed by atoms with Gasteiger partial charge in [-0.15, -0.1) is 0 Å². The Kier molecular flexibility index (Phi) is 3.79. The van der Waals surface area contributed by atoms with Crippen molar-refractivity contribution in [1.29, 1.82) is 0 Å². The predicted molar refractivity (Wildman–Crippen MR) is 77.0 cm³/mol. The molecule has 7 heteroatoms. The summed E-state index contributed by atoms with van der Waals surface area (Å²) in [5.74, 6) is 0.552. The number of nitrogens with zero attached hydrogens (tertiary/aromatic N) is 2. The van der Waals surface area contributed by atoms with Crippen molar-refractivity contribution in [2.45, 2.75) is 12.8 Å². The number of aromatic hydroxyl groups is 1. The molecule has 0 unspecified atom stereocenters. The standard InChI is InChI=1S/C15H18N2O5/c1-16(5-6-17-4-2-3-14(17)19)15(20)10-7-12-13(8-11(10)18)22-9-21-12/h7-8,18H,2-6,9H2,1H3. The van der Waals surface area contributed by atoms with Gasteiger partial charge < -0.3 is 24.4 Å². The van der Waals surface area contributed by atoms with Gasteiger partial charge in [0.2, 0.25) is 12.7 Å². The van der Waals surface area contributed by atoms with E-state index >= 15 is 0 Å². The molecule has 1 saturated heterocycles. The highest BCUT2D eigenvalue weighted by atomic mass is 16.7. The van der Waals surface area contributed by atoms with E-state index in [0.717, 1.165) is 13.0 Å². The van der Waals surface area contributed by atoms with Gasteiger partial charge in [-0.1, -0.05) is 0 Å². The van der Waals surface area contributed by atoms with Crippen LogP contribution in [0.15, 0.2) is 12.1 Å². The van der Waals surface area contributed by atoms with E-state index in [-0.39, 0.29) is 29.9 Å². The zero-order chi connectivity index (χ0) is 15.7. The first kappa shape index (κ1) is 14.5. The molecule has 0 saturated carbocycles. The molecular formula is C15H18N2O5. The third kappa shape index (κ3) is 2.66. The number of likely N-dealkylation sites (N-methyl/N-ethyl adjacent to an activating group) is 1. The molecule has 1 N–H and O–H groups in total. The fourth-order valence-electron chi connectivity index (χ4n) is 2.62. The third-order valence-electron chi connectivity index (χ3n) is 3.94. The molecule has 1 fully saturated rings. The summed E-state index contributed by atoms with van der Waals surface area (Å²) in [5.41, 5.74) is 0.166. The van der Waals surface area contributed by atoms with Gasteiger partial charge in [0.05, 0.1) is 5.56 Å². The van der Waals surface area contributed by atoms with E-state index < -0.39 is 0 Å². The molecule has 1 aromatic rings. The summed E-state index contributed by atoms with van der Waals surface area (Å²) >= 11 is 0. The molecule has 0 bridgehead atoms. The molecular weight excluding hydrogens is 288 g/mol. The van der Waals surface area contributed by atoms with Crippen LogP contribution in [-0.2, 0) is 4.79 Å². The zero-order valence-electron chi connectivity index (χ0n) is 12.4. The van der Waals surface area contributed by atoms with Crippen molar-refractivity contribution in [1.82, 2.24) is 9.80 Å². The van der Waals surface area contributed by atoms with Crippen LogP contribution >= 0.6 is 0 Å². The summed E-state index contributed by atoms with van der Waals surface area (Å²) in [4.78, 5) is 27.2. The number of amides is 2. The first-order valence-electron chi connectivity index (χ1n) is 7.22. The molecule has 1 aromatic carbocycles. The number of phenolic OH excluding ortho intramolecular Hbond substituents is 1. The fourth-order valence-corrected chi connectivity index (χ4v) is 2.62. The van der Waals surface area contributed by atoms with Crippen LogP contribution in [0.5, 0.6) is 17.2 Å². The highest BCUT2D eigenvalue weighted by molar-refractivity contribution is 5.97. The molecule has 7 nitrogen and oxygen atoms in total. The summed E-state index contributed by atoms with van der Waals surface area (Å²) < 4.78 is 10.4. The molecule has 2 amide bonds. The van der Waals surface area contributed by atoms with E-state index in [0.29, 0.717) is 31.0 Å². The summed E-state index contributed by atoms with van der Waals surface area (Å²) in [6.07, 6.45) is 1.46. The molecule has 3 rings (SSSR count). The molecule has 0 atom stereocenters. The minimum absolute atomic E-state index is 0.0827. The molecule has 2 aliphatic rings. The first-order chi connectivity index (χ1) is 10.6. The number of carbonyl (C=O) groups excluding carboxylic acids is 2. The smallest absolute Gasteiger partial charge is 0.257 e. The normalized spacial score (nSPS) is 16.2. The maximum Gasteiger partial charge on any atom is 0.257 e. The molecule has 0 spiro atoms. The fraction of sp³-hybridized carbons (Fsp3) is 0.467. The molecule has 0 aromatic heterocycles. The van der Waals surface area contributed by atoms with Gasteiger partial charge in [0.15, 0.2) is 11.5 Å². The lowest BCUT2D eigenvalue weighted by Gasteiger charge is -2.22. The van der Waals surface area contributed by atoms with Gasteiger partial charge in [-0.2, -0.15) is 0 Å². The number of benzene rings is 1. The number of ether oxygens (including phenoxy) is 2. The summed E-state index contributed by atoms with van der Waals surface area (Å²) in [6.45, 7) is 1.75. The highest BCUT2D eigenvalue weighted by Crippen LogP contribution is 2.37. The van der Waals surface area contributed by atoms with Gasteiger partial charge >= 0.3 is 0 Å². The minimum atomic E-state index is -0.317. The maximum absolute atomic E-state index is 12.4. The Bertz CT molecular complexity index is 616. The van der Waals surface area contributed by atoms with Crippen LogP contribution in [0.3, 0.4) is 0 Å². The summed E-state index contributed by atoms with van der Waals surface area (Å²) in [7, 11) is 1.65. The lowest BCUT2D eigenvalue weighted by molar-refractivity contribution is -0.127. The lowest BCUT2D eigenvalue weighted by Crippen LogP contribution is -2.36. The Morgan fingerprint density at radius 3 is 2.77 bits per heavy atom. The van der Waals surface area contributed by atoms with E-state index in [1.165, 1.54) is 17.0 Å². The van der Waals surface area contributed by atoms with Crippen LogP contribution in [0.2, 0.25) is 0 Å². The largest absolute Gasteiger partial charge is 0.507 e. The number of carbonyl (C=O) groups is 2. The third-order valence-corrected chi connectivity index (χ3v) is 3.94. The lowest BCUT2D eigenvalue weighted by atomic mass is 10.1. The Morgan fingerprint density at radius 1 is 1.36 bits per heavy atom. The monoisotopic (exact) mass is 306 g/mol. The second-order valence-electron chi connectivity index (χ2n) is 5.43. The molecule has 2 heterocycles. The van der Waals surface area contributed by atoms with Crippen LogP contribution in [0.25, 0.3) is 0 Å². The average molecular weight is 306 g/mol. The number of rotatable bonds is 4. The van der Waals surface area contributed by atoms with Crippen molar-refractivity contribution < 1.29 is 24.2 Å². The Morgan fingerprint density at radius 2 is 2.09 bits per heavy atom. The SMILES string of the molecule is CN(CCN1CCCC1=O)C(=O)c1cc2c(cc1O)OCO2. The number of hydrogen-bond acceptors (Lipinski definition) is 5. The predicted octanol–water partition coefficient (Wildman–Crippen LogP) is 0.815. The van der Waals surface area contributed by atoms with Gasteiger partial charge in [-0.05, 0) is 6.42 Å². The molecule has 2 aliphatic heterocycles. The topological polar surface area (TPSA) is 79.3 Å². The van der Waals surface area contributed by atoms with Crippen LogP contribution in [0, 0.1) is 0 Å². The van der Waals surface area contributed by atoms with Crippen molar-refractivity contribution >= 4 is 11.8 Å². The second kappa shape index (κ2) is 5.75. The summed E-state index contributed by atoms with van der Waals surface area (Å²) in [6, 6.07) is 2.87. The van der Waals surface area contributed by atoms with Crippen LogP contribution in [0.1, 0.15) is 23.2 Å². The van der Waals surface area contributed by atoms with Crippen LogP contribution in [-0.4, -0.2) is 60.2 Å². The summed E-state index contributed by atoms with van der Waals surface area (Å²) in [5, 5.41) is 9.97. The number of phenols is 1. The van der Waals surface area contributed by atoms with Crippen molar-refractivity contribution in [3.05, 3.63) is 17.7 Å². The van der Waals surface area contributed by atoms with Crippen molar-refractivity contribution in [3.8, 4) is 17.2 Å². The maximum atomic E-state index is 12.4. The zero-order valence-corrected chi connectivity index (χ0v) is 12.4. The van der Waals surface area contributed by atoms with Gasteiger partial charge in [0, 0.05) is 45.2 Å². The molecule has 118 valence electrons. The average Bonchev–Trinajstić information content (AvgIpc) is 3.11. The van der Waals surface area contributed by atoms with E-state index in [2.05, 4.69) is 0 Å². The Balaban J connectivity index is 1.66. The molecule has 0 aliphatic carbocycles. The number of fused-ring (bicyclic) bond motifs is 1. The van der Waals surface area contributed by atoms with Gasteiger partial charge in [-0.25, -0.2) is 0 Å². The van der Waals surface area contributed by atoms with Gasteiger partial charge in [0.25, 0.3) is 5.91 Å². The minimum Gasteiger partial charge on any atom is -0.507 e. The number of hydrogen-bond donors (Lipinski definition) is 1. The van der Waals surface area contributed by atoms with Crippen molar-refractivity contribution in [2.75, 3.05) is 33.5 Å². The quantitative estimate of drug-likeness (QED) is 0.891. The molecule has 0 radical (unpaired) electrons. The number of likely N-dealkylation sites (tertiary alicyclic amines) is 1. The van der Waals surface area contributed by atoms with Crippen LogP contribution in [0.4, 0.5) is 0 Å². The Labute approximate surface area is 128 Å². The molecule has 22 heavy (non-hydrogen) atoms. The van der Waals surface area contributed by atoms with Gasteiger partial charge in [-0.3, -0.25) is 9.59 Å². The highest BCUT2D eigenvalue weighted by Gasteiger charge is 2.24. The van der Waals surface area contributed by atoms with E-state index in [1.807, 2.05) is 0 Å². The van der Waals surface area contributed by atoms with Crippen molar-refractivity contribution in [3.63, 3.8) is 0 Å². The van der Waals surface area contributed by atoms with E-state index in [1.54, 1.807) is 11.9 Å². The second-order valence-corrected chi connectivity index (χ2v) is 5.43. The first-order valence-corrected chi connectivity index (χ1v) is 7.22. The van der Waals surface area contributed by atoms with E-state index in [4.69, 9.17) is 9.47 Å². The van der Waals surface area contributed by atoms with Gasteiger partial charge in [0.1, 0.15) is 5.75 Å². The van der Waals surface area contributed by atoms with E-state index in [9.17, 15) is 14.7 Å². The van der Waals surface area contributed by atoms with Crippen molar-refractivity contribution in [2.24, 2.45) is 0 Å². The Hall–Kier alpha value is -2.44. The van der Waals surface area contributed by atoms with Crippen LogP contribution < -0.4 is 9.47 Å².